The Morgan fingerprint density at radius 3 is 2.27 bits per heavy atom. The molecular formula is C13H20BrN. The number of hydrogen-bond donors (Lipinski definition) is 0. The van der Waals surface area contributed by atoms with Gasteiger partial charge in [-0.25, -0.2) is 0 Å². The summed E-state index contributed by atoms with van der Waals surface area (Å²) in [5, 5.41) is 1.02. The summed E-state index contributed by atoms with van der Waals surface area (Å²) >= 11 is 3.52. The van der Waals surface area contributed by atoms with Crippen molar-refractivity contribution in [2.24, 2.45) is 0 Å². The van der Waals surface area contributed by atoms with Crippen molar-refractivity contribution in [2.45, 2.75) is 33.4 Å². The maximum atomic E-state index is 3.52. The van der Waals surface area contributed by atoms with Crippen molar-refractivity contribution in [1.82, 2.24) is 4.90 Å². The number of rotatable bonds is 4. The summed E-state index contributed by atoms with van der Waals surface area (Å²) in [5.74, 6) is 0. The first-order valence-electron chi connectivity index (χ1n) is 5.37. The van der Waals surface area contributed by atoms with Crippen LogP contribution in [-0.2, 0) is 6.54 Å². The second kappa shape index (κ2) is 5.66. The highest BCUT2D eigenvalue weighted by Gasteiger charge is 2.10. The molecule has 1 atom stereocenters. The molecule has 1 nitrogen and oxygen atoms in total. The van der Waals surface area contributed by atoms with Crippen molar-refractivity contribution in [3.05, 3.63) is 34.9 Å². The van der Waals surface area contributed by atoms with Gasteiger partial charge in [0, 0.05) is 17.9 Å². The third kappa shape index (κ3) is 3.32. The Balaban J connectivity index is 2.80. The topological polar surface area (TPSA) is 3.24 Å². The third-order valence-electron chi connectivity index (χ3n) is 3.03. The second-order valence-corrected chi connectivity index (χ2v) is 4.94. The molecule has 0 spiro atoms. The fourth-order valence-electron chi connectivity index (χ4n) is 1.62. The number of hydrogen-bond acceptors (Lipinski definition) is 1. The predicted molar refractivity (Wildman–Crippen MR) is 70.6 cm³/mol. The first-order chi connectivity index (χ1) is 7.06. The lowest BCUT2D eigenvalue weighted by Crippen LogP contribution is -2.30. The van der Waals surface area contributed by atoms with E-state index in [1.54, 1.807) is 0 Å². The summed E-state index contributed by atoms with van der Waals surface area (Å²) in [4.78, 5) is 2.38. The lowest BCUT2D eigenvalue weighted by Gasteiger charge is -2.24. The van der Waals surface area contributed by atoms with Crippen LogP contribution in [0.15, 0.2) is 18.2 Å². The van der Waals surface area contributed by atoms with E-state index in [0.717, 1.165) is 11.9 Å². The summed E-state index contributed by atoms with van der Waals surface area (Å²) < 4.78 is 0. The molecule has 15 heavy (non-hydrogen) atoms. The maximum Gasteiger partial charge on any atom is 0.0239 e. The number of nitrogens with zero attached hydrogens (tertiary/aromatic N) is 1. The Kier molecular flexibility index (Phi) is 4.81. The molecule has 0 aliphatic rings. The molecule has 0 saturated carbocycles. The molecule has 2 heteroatoms. The van der Waals surface area contributed by atoms with Crippen LogP contribution < -0.4 is 0 Å². The van der Waals surface area contributed by atoms with Gasteiger partial charge in [0.05, 0.1) is 0 Å². The molecule has 0 N–H and O–H groups in total. The SMILES string of the molecule is Cc1cccc(C)c1CN(C)C(C)CBr. The minimum absolute atomic E-state index is 0.573. The Labute approximate surface area is 102 Å². The number of halogens is 1. The van der Waals surface area contributed by atoms with E-state index < -0.39 is 0 Å². The molecule has 1 rings (SSSR count). The van der Waals surface area contributed by atoms with Crippen LogP contribution >= 0.6 is 15.9 Å². The van der Waals surface area contributed by atoms with Gasteiger partial charge in [0.15, 0.2) is 0 Å². The van der Waals surface area contributed by atoms with Crippen molar-refractivity contribution in [3.8, 4) is 0 Å². The number of benzene rings is 1. The van der Waals surface area contributed by atoms with E-state index in [0.29, 0.717) is 6.04 Å². The molecule has 0 aromatic heterocycles. The van der Waals surface area contributed by atoms with Gasteiger partial charge in [-0.15, -0.1) is 0 Å². The van der Waals surface area contributed by atoms with E-state index in [4.69, 9.17) is 0 Å². The van der Waals surface area contributed by atoms with Crippen molar-refractivity contribution in [3.63, 3.8) is 0 Å². The predicted octanol–water partition coefficient (Wildman–Crippen LogP) is 3.52. The molecule has 0 radical (unpaired) electrons. The minimum atomic E-state index is 0.573. The number of aryl methyl sites for hydroxylation is 2. The Hall–Kier alpha value is -0.340. The van der Waals surface area contributed by atoms with E-state index in [9.17, 15) is 0 Å². The van der Waals surface area contributed by atoms with Crippen LogP contribution in [0, 0.1) is 13.8 Å². The summed E-state index contributed by atoms with van der Waals surface area (Å²) in [6.45, 7) is 7.65. The van der Waals surface area contributed by atoms with Gasteiger partial charge in [-0.05, 0) is 44.5 Å². The van der Waals surface area contributed by atoms with Crippen molar-refractivity contribution in [2.75, 3.05) is 12.4 Å². The average Bonchev–Trinajstić information content (AvgIpc) is 2.22. The first kappa shape index (κ1) is 12.7. The van der Waals surface area contributed by atoms with Crippen LogP contribution in [0.2, 0.25) is 0 Å². The largest absolute Gasteiger partial charge is 0.299 e. The minimum Gasteiger partial charge on any atom is -0.299 e. The molecule has 0 bridgehead atoms. The average molecular weight is 270 g/mol. The van der Waals surface area contributed by atoms with Gasteiger partial charge in [-0.3, -0.25) is 4.90 Å². The van der Waals surface area contributed by atoms with Gasteiger partial charge in [-0.2, -0.15) is 0 Å². The van der Waals surface area contributed by atoms with E-state index in [2.05, 4.69) is 66.8 Å². The smallest absolute Gasteiger partial charge is 0.0239 e. The third-order valence-corrected chi connectivity index (χ3v) is 3.96. The van der Waals surface area contributed by atoms with Gasteiger partial charge in [0.25, 0.3) is 0 Å². The molecule has 0 aliphatic carbocycles. The van der Waals surface area contributed by atoms with E-state index >= 15 is 0 Å². The van der Waals surface area contributed by atoms with Crippen LogP contribution in [0.3, 0.4) is 0 Å². The van der Waals surface area contributed by atoms with Crippen molar-refractivity contribution < 1.29 is 0 Å². The molecule has 1 aromatic rings. The molecule has 0 aliphatic heterocycles. The Morgan fingerprint density at radius 1 is 1.27 bits per heavy atom. The zero-order chi connectivity index (χ0) is 11.4. The van der Waals surface area contributed by atoms with Gasteiger partial charge in [-0.1, -0.05) is 34.1 Å². The molecule has 1 unspecified atom stereocenters. The van der Waals surface area contributed by atoms with Crippen molar-refractivity contribution >= 4 is 15.9 Å². The van der Waals surface area contributed by atoms with Gasteiger partial charge < -0.3 is 0 Å². The lowest BCUT2D eigenvalue weighted by molar-refractivity contribution is 0.270. The summed E-state index contributed by atoms with van der Waals surface area (Å²) in [7, 11) is 2.18. The fraction of sp³-hybridized carbons (Fsp3) is 0.538. The summed E-state index contributed by atoms with van der Waals surface area (Å²) in [5.41, 5.74) is 4.25. The zero-order valence-electron chi connectivity index (χ0n) is 10.0. The van der Waals surface area contributed by atoms with Crippen LogP contribution in [-0.4, -0.2) is 23.3 Å². The highest BCUT2D eigenvalue weighted by Crippen LogP contribution is 2.16. The molecule has 84 valence electrons. The first-order valence-corrected chi connectivity index (χ1v) is 6.49. The fourth-order valence-corrected chi connectivity index (χ4v) is 2.12. The van der Waals surface area contributed by atoms with Crippen LogP contribution in [0.4, 0.5) is 0 Å². The Morgan fingerprint density at radius 2 is 1.80 bits per heavy atom. The molecule has 0 fully saturated rings. The van der Waals surface area contributed by atoms with Gasteiger partial charge >= 0.3 is 0 Å². The molecule has 0 amide bonds. The highest BCUT2D eigenvalue weighted by atomic mass is 79.9. The monoisotopic (exact) mass is 269 g/mol. The Bertz CT molecular complexity index is 302. The molecule has 1 aromatic carbocycles. The summed E-state index contributed by atoms with van der Waals surface area (Å²) in [6, 6.07) is 7.08. The highest BCUT2D eigenvalue weighted by molar-refractivity contribution is 9.09. The van der Waals surface area contributed by atoms with Gasteiger partial charge in [0.1, 0.15) is 0 Å². The molecule has 0 heterocycles. The lowest BCUT2D eigenvalue weighted by atomic mass is 10.0. The quantitative estimate of drug-likeness (QED) is 0.757. The molecule has 0 saturated heterocycles. The number of alkyl halides is 1. The normalized spacial score (nSPS) is 13.2. The van der Waals surface area contributed by atoms with Crippen LogP contribution in [0.25, 0.3) is 0 Å². The van der Waals surface area contributed by atoms with Crippen molar-refractivity contribution in [1.29, 1.82) is 0 Å². The maximum absolute atomic E-state index is 3.52. The molecular weight excluding hydrogens is 250 g/mol. The zero-order valence-corrected chi connectivity index (χ0v) is 11.6. The van der Waals surface area contributed by atoms with E-state index in [1.165, 1.54) is 16.7 Å². The van der Waals surface area contributed by atoms with Crippen LogP contribution in [0.1, 0.15) is 23.6 Å². The second-order valence-electron chi connectivity index (χ2n) is 4.29. The summed E-state index contributed by atoms with van der Waals surface area (Å²) in [6.07, 6.45) is 0. The van der Waals surface area contributed by atoms with Crippen LogP contribution in [0.5, 0.6) is 0 Å². The standard InChI is InChI=1S/C13H20BrN/c1-10-6-5-7-11(2)13(10)9-15(4)12(3)8-14/h5-7,12H,8-9H2,1-4H3. The van der Waals surface area contributed by atoms with E-state index in [1.807, 2.05) is 0 Å². The van der Waals surface area contributed by atoms with Gasteiger partial charge in [0.2, 0.25) is 0 Å². The van der Waals surface area contributed by atoms with E-state index in [-0.39, 0.29) is 0 Å².